The Labute approximate surface area is 187 Å². The number of ether oxygens (including phenoxy) is 1. The van der Waals surface area contributed by atoms with Crippen LogP contribution >= 0.6 is 22.9 Å². The Bertz CT molecular complexity index is 1360. The molecule has 0 unspecified atom stereocenters. The van der Waals surface area contributed by atoms with E-state index in [9.17, 15) is 8.42 Å². The number of hydrogen-bond donors (Lipinski definition) is 1. The largest absolute Gasteiger partial charge is 0.480 e. The van der Waals surface area contributed by atoms with Gasteiger partial charge >= 0.3 is 0 Å². The Hall–Kier alpha value is -3.02. The minimum Gasteiger partial charge on any atom is -0.480 e. The molecule has 3 heterocycles. The summed E-state index contributed by atoms with van der Waals surface area (Å²) in [6, 6.07) is 8.25. The second-order valence-corrected chi connectivity index (χ2v) is 9.56. The number of pyridine rings is 2. The van der Waals surface area contributed by atoms with Gasteiger partial charge in [-0.3, -0.25) is 9.71 Å². The highest BCUT2D eigenvalue weighted by Crippen LogP contribution is 2.37. The summed E-state index contributed by atoms with van der Waals surface area (Å²) in [4.78, 5) is 10.8. The molecular formula is C19H17ClN6O3S2. The molecule has 12 heteroatoms. The van der Waals surface area contributed by atoms with Crippen LogP contribution in [0, 0.1) is 0 Å². The van der Waals surface area contributed by atoms with Crippen LogP contribution in [0.4, 0.5) is 10.9 Å². The first-order valence-electron chi connectivity index (χ1n) is 8.90. The molecule has 3 aromatic heterocycles. The van der Waals surface area contributed by atoms with E-state index in [1.54, 1.807) is 35.4 Å². The molecule has 1 aromatic carbocycles. The van der Waals surface area contributed by atoms with Crippen molar-refractivity contribution in [1.29, 1.82) is 0 Å². The SMILES string of the molecule is COc1nc(N(C)C)c(Cl)cc1-c1nccc2cc(S(=O)(=O)Nc3nncs3)ccc12. The monoisotopic (exact) mass is 476 g/mol. The number of anilines is 2. The lowest BCUT2D eigenvalue weighted by molar-refractivity contribution is 0.400. The number of sulfonamides is 1. The smallest absolute Gasteiger partial charge is 0.263 e. The Kier molecular flexibility index (Phi) is 5.65. The predicted molar refractivity (Wildman–Crippen MR) is 122 cm³/mol. The Morgan fingerprint density at radius 3 is 2.68 bits per heavy atom. The maximum atomic E-state index is 12.7. The average molecular weight is 477 g/mol. The van der Waals surface area contributed by atoms with Crippen LogP contribution in [0.25, 0.3) is 22.0 Å². The molecule has 0 saturated heterocycles. The molecule has 4 rings (SSSR count). The van der Waals surface area contributed by atoms with E-state index in [4.69, 9.17) is 16.3 Å². The van der Waals surface area contributed by atoms with Crippen LogP contribution in [0.2, 0.25) is 5.02 Å². The van der Waals surface area contributed by atoms with E-state index < -0.39 is 10.0 Å². The molecule has 0 aliphatic heterocycles. The van der Waals surface area contributed by atoms with Gasteiger partial charge in [-0.15, -0.1) is 10.2 Å². The first-order chi connectivity index (χ1) is 14.8. The van der Waals surface area contributed by atoms with Crippen molar-refractivity contribution in [3.05, 3.63) is 47.1 Å². The number of methoxy groups -OCH3 is 1. The Morgan fingerprint density at radius 1 is 1.19 bits per heavy atom. The average Bonchev–Trinajstić information content (AvgIpc) is 3.24. The zero-order valence-corrected chi connectivity index (χ0v) is 19.1. The van der Waals surface area contributed by atoms with Gasteiger partial charge in [0.2, 0.25) is 11.0 Å². The van der Waals surface area contributed by atoms with Gasteiger partial charge in [0.15, 0.2) is 5.82 Å². The molecule has 31 heavy (non-hydrogen) atoms. The van der Waals surface area contributed by atoms with Crippen LogP contribution in [-0.2, 0) is 10.0 Å². The molecule has 0 bridgehead atoms. The van der Waals surface area contributed by atoms with Gasteiger partial charge in [0.05, 0.1) is 28.3 Å². The van der Waals surface area contributed by atoms with Crippen molar-refractivity contribution in [2.75, 3.05) is 30.8 Å². The number of nitrogens with zero attached hydrogens (tertiary/aromatic N) is 5. The second-order valence-electron chi connectivity index (χ2n) is 6.64. The van der Waals surface area contributed by atoms with Gasteiger partial charge in [-0.25, -0.2) is 8.42 Å². The van der Waals surface area contributed by atoms with Crippen molar-refractivity contribution >= 4 is 54.7 Å². The lowest BCUT2D eigenvalue weighted by Crippen LogP contribution is -2.13. The molecule has 0 radical (unpaired) electrons. The van der Waals surface area contributed by atoms with E-state index in [2.05, 4.69) is 24.9 Å². The zero-order valence-electron chi connectivity index (χ0n) is 16.7. The zero-order chi connectivity index (χ0) is 22.2. The van der Waals surface area contributed by atoms with Crippen molar-refractivity contribution in [1.82, 2.24) is 20.2 Å². The summed E-state index contributed by atoms with van der Waals surface area (Å²) in [6.45, 7) is 0. The first kappa shape index (κ1) is 21.2. The summed E-state index contributed by atoms with van der Waals surface area (Å²) in [5.74, 6) is 0.932. The fourth-order valence-corrected chi connectivity index (χ4v) is 5.08. The van der Waals surface area contributed by atoms with E-state index in [-0.39, 0.29) is 10.0 Å². The standard InChI is InChI=1S/C19H17ClN6O3S2/c1-26(2)17-15(20)9-14(18(23-17)29-3)16-13-5-4-12(8-11(13)6-7-21-16)31(27,28)25-19-24-22-10-30-19/h4-10H,1-3H3,(H,24,25). The highest BCUT2D eigenvalue weighted by atomic mass is 35.5. The maximum absolute atomic E-state index is 12.7. The van der Waals surface area contributed by atoms with E-state index in [0.29, 0.717) is 33.4 Å². The van der Waals surface area contributed by atoms with Crippen molar-refractivity contribution < 1.29 is 13.2 Å². The molecule has 9 nitrogen and oxygen atoms in total. The summed E-state index contributed by atoms with van der Waals surface area (Å²) in [5, 5.41) is 9.41. The Balaban J connectivity index is 1.82. The van der Waals surface area contributed by atoms with Gasteiger partial charge in [0.25, 0.3) is 10.0 Å². The van der Waals surface area contributed by atoms with Gasteiger partial charge in [0, 0.05) is 25.7 Å². The molecular weight excluding hydrogens is 460 g/mol. The van der Waals surface area contributed by atoms with Crippen LogP contribution in [0.1, 0.15) is 0 Å². The lowest BCUT2D eigenvalue weighted by Gasteiger charge is -2.17. The maximum Gasteiger partial charge on any atom is 0.263 e. The normalized spacial score (nSPS) is 11.5. The van der Waals surface area contributed by atoms with Crippen LogP contribution in [0.15, 0.2) is 46.9 Å². The quantitative estimate of drug-likeness (QED) is 0.448. The third-order valence-corrected chi connectivity index (χ3v) is 6.77. The number of aromatic nitrogens is 4. The number of rotatable bonds is 6. The molecule has 0 spiro atoms. The van der Waals surface area contributed by atoms with Crippen LogP contribution in [0.3, 0.4) is 0 Å². The third kappa shape index (κ3) is 4.11. The van der Waals surface area contributed by atoms with Gasteiger partial charge in [-0.05, 0) is 29.7 Å². The molecule has 0 aliphatic carbocycles. The van der Waals surface area contributed by atoms with Gasteiger partial charge in [-0.1, -0.05) is 29.0 Å². The first-order valence-corrected chi connectivity index (χ1v) is 11.6. The van der Waals surface area contributed by atoms with Crippen molar-refractivity contribution in [2.45, 2.75) is 4.90 Å². The molecule has 160 valence electrons. The van der Waals surface area contributed by atoms with Gasteiger partial charge in [-0.2, -0.15) is 4.98 Å². The molecule has 0 aliphatic rings. The van der Waals surface area contributed by atoms with E-state index in [1.165, 1.54) is 18.7 Å². The molecule has 0 amide bonds. The lowest BCUT2D eigenvalue weighted by atomic mass is 10.0. The van der Waals surface area contributed by atoms with Crippen LogP contribution in [0.5, 0.6) is 5.88 Å². The van der Waals surface area contributed by atoms with Crippen LogP contribution < -0.4 is 14.4 Å². The number of hydrogen-bond acceptors (Lipinski definition) is 9. The van der Waals surface area contributed by atoms with Crippen LogP contribution in [-0.4, -0.2) is 49.8 Å². The minimum atomic E-state index is -3.81. The fourth-order valence-electron chi connectivity index (χ4n) is 3.03. The topological polar surface area (TPSA) is 110 Å². The number of benzene rings is 1. The van der Waals surface area contributed by atoms with E-state index >= 15 is 0 Å². The molecule has 0 atom stereocenters. The molecule has 1 N–H and O–H groups in total. The Morgan fingerprint density at radius 2 is 2.00 bits per heavy atom. The third-order valence-electron chi connectivity index (χ3n) is 4.42. The fraction of sp³-hybridized carbons (Fsp3) is 0.158. The molecule has 0 saturated carbocycles. The van der Waals surface area contributed by atoms with Crippen molar-refractivity contribution in [3.8, 4) is 17.1 Å². The highest BCUT2D eigenvalue weighted by molar-refractivity contribution is 7.93. The predicted octanol–water partition coefficient (Wildman–Crippen LogP) is 3.68. The van der Waals surface area contributed by atoms with Gasteiger partial charge in [0.1, 0.15) is 5.51 Å². The summed E-state index contributed by atoms with van der Waals surface area (Å²) in [6.07, 6.45) is 1.60. The molecule has 0 fully saturated rings. The van der Waals surface area contributed by atoms with Crippen molar-refractivity contribution in [2.24, 2.45) is 0 Å². The number of nitrogens with one attached hydrogen (secondary N) is 1. The van der Waals surface area contributed by atoms with Crippen molar-refractivity contribution in [3.63, 3.8) is 0 Å². The van der Waals surface area contributed by atoms with E-state index in [1.807, 2.05) is 14.1 Å². The minimum absolute atomic E-state index is 0.0958. The highest BCUT2D eigenvalue weighted by Gasteiger charge is 2.20. The summed E-state index contributed by atoms with van der Waals surface area (Å²) in [7, 11) is 1.38. The summed E-state index contributed by atoms with van der Waals surface area (Å²) >= 11 is 7.52. The second kappa shape index (κ2) is 8.25. The molecule has 4 aromatic rings. The number of fused-ring (bicyclic) bond motifs is 1. The van der Waals surface area contributed by atoms with E-state index in [0.717, 1.165) is 16.7 Å². The summed E-state index contributed by atoms with van der Waals surface area (Å²) in [5.41, 5.74) is 2.63. The number of halogens is 1. The summed E-state index contributed by atoms with van der Waals surface area (Å²) < 4.78 is 33.3. The van der Waals surface area contributed by atoms with Gasteiger partial charge < -0.3 is 9.64 Å².